The van der Waals surface area contributed by atoms with Crippen LogP contribution in [-0.2, 0) is 13.1 Å². The monoisotopic (exact) mass is 580 g/mol. The van der Waals surface area contributed by atoms with Crippen molar-refractivity contribution >= 4 is 11.3 Å². The summed E-state index contributed by atoms with van der Waals surface area (Å²) in [7, 11) is 1.67. The third kappa shape index (κ3) is 5.63. The molecule has 2 aromatic carbocycles. The van der Waals surface area contributed by atoms with Gasteiger partial charge in [0.1, 0.15) is 17.6 Å². The van der Waals surface area contributed by atoms with Crippen LogP contribution in [0.2, 0.25) is 0 Å². The molecule has 1 aliphatic heterocycles. The summed E-state index contributed by atoms with van der Waals surface area (Å²) in [6.45, 7) is 5.47. The van der Waals surface area contributed by atoms with Crippen molar-refractivity contribution < 1.29 is 4.74 Å². The predicted molar refractivity (Wildman–Crippen MR) is 170 cm³/mol. The van der Waals surface area contributed by atoms with E-state index in [1.807, 2.05) is 53.7 Å². The van der Waals surface area contributed by atoms with Gasteiger partial charge >= 0.3 is 0 Å². The van der Waals surface area contributed by atoms with E-state index in [0.717, 1.165) is 77.6 Å². The molecule has 1 aliphatic rings. The smallest absolute Gasteiger partial charge is 0.128 e. The number of benzene rings is 2. The number of hydrogen-bond acceptors (Lipinski definition) is 7. The van der Waals surface area contributed by atoms with Crippen LogP contribution in [0.4, 0.5) is 5.82 Å². The van der Waals surface area contributed by atoms with Gasteiger partial charge < -0.3 is 9.64 Å². The zero-order chi connectivity index (χ0) is 29.9. The molecule has 7 rings (SSSR count). The van der Waals surface area contributed by atoms with Gasteiger partial charge in [0.2, 0.25) is 0 Å². The first-order chi connectivity index (χ1) is 21.7. The van der Waals surface area contributed by atoms with Crippen LogP contribution in [0.25, 0.3) is 27.8 Å². The molecular formula is C35H32N8O. The first-order valence-electron chi connectivity index (χ1n) is 14.7. The Morgan fingerprint density at radius 1 is 0.773 bits per heavy atom. The van der Waals surface area contributed by atoms with Gasteiger partial charge in [-0.05, 0) is 41.5 Å². The minimum atomic E-state index is 0.528. The molecule has 4 aromatic heterocycles. The zero-order valence-corrected chi connectivity index (χ0v) is 24.5. The molecule has 6 aromatic rings. The maximum absolute atomic E-state index is 9.84. The molecule has 5 heterocycles. The number of pyridine rings is 2. The molecule has 1 fully saturated rings. The zero-order valence-electron chi connectivity index (χ0n) is 24.5. The Kier molecular flexibility index (Phi) is 7.49. The average molecular weight is 581 g/mol. The maximum Gasteiger partial charge on any atom is 0.128 e. The second kappa shape index (κ2) is 12.0. The largest absolute Gasteiger partial charge is 0.497 e. The quantitative estimate of drug-likeness (QED) is 0.235. The molecular weight excluding hydrogens is 548 g/mol. The second-order valence-corrected chi connectivity index (χ2v) is 11.0. The highest BCUT2D eigenvalue weighted by Crippen LogP contribution is 2.32. The number of nitrogens with zero attached hydrogens (tertiary/aromatic N) is 8. The van der Waals surface area contributed by atoms with E-state index >= 15 is 0 Å². The molecule has 9 heteroatoms. The fourth-order valence-corrected chi connectivity index (χ4v) is 5.81. The number of fused-ring (bicyclic) bond motifs is 1. The minimum Gasteiger partial charge on any atom is -0.497 e. The standard InChI is InChI=1S/C35H32N8O/c1-44-32-10-7-27(8-11-32)23-42-24-31(21-38-42)29-17-33(35-30(18-36)20-39-43(35)25-29)28-9-12-34(37-19-28)41-15-13-40(14-16-41)22-26-5-3-2-4-6-26/h2-12,17,19-21,24-25H,13-16,22-23H2,1H3. The highest BCUT2D eigenvalue weighted by molar-refractivity contribution is 5.87. The number of hydrogen-bond donors (Lipinski definition) is 0. The van der Waals surface area contributed by atoms with E-state index in [2.05, 4.69) is 74.6 Å². The molecule has 0 N–H and O–H groups in total. The van der Waals surface area contributed by atoms with Crippen LogP contribution in [-0.4, -0.2) is 62.6 Å². The maximum atomic E-state index is 9.84. The van der Waals surface area contributed by atoms with E-state index in [-0.39, 0.29) is 0 Å². The average Bonchev–Trinajstić information content (AvgIpc) is 3.73. The molecule has 218 valence electrons. The number of nitriles is 1. The normalized spacial score (nSPS) is 13.7. The van der Waals surface area contributed by atoms with Crippen LogP contribution in [0, 0.1) is 11.3 Å². The number of methoxy groups -OCH3 is 1. The number of anilines is 1. The Hall–Kier alpha value is -5.46. The van der Waals surface area contributed by atoms with Crippen molar-refractivity contribution in [3.05, 3.63) is 120 Å². The first kappa shape index (κ1) is 27.4. The fraction of sp³-hybridized carbons (Fsp3) is 0.200. The van der Waals surface area contributed by atoms with Gasteiger partial charge in [0, 0.05) is 73.6 Å². The Labute approximate surface area is 256 Å². The summed E-state index contributed by atoms with van der Waals surface area (Å²) < 4.78 is 8.97. The summed E-state index contributed by atoms with van der Waals surface area (Å²) in [5.74, 6) is 1.80. The van der Waals surface area contributed by atoms with Crippen molar-refractivity contribution in [1.29, 1.82) is 5.26 Å². The van der Waals surface area contributed by atoms with Gasteiger partial charge in [0.15, 0.2) is 0 Å². The van der Waals surface area contributed by atoms with E-state index in [4.69, 9.17) is 9.72 Å². The highest BCUT2D eigenvalue weighted by atomic mass is 16.5. The van der Waals surface area contributed by atoms with Crippen LogP contribution in [0.1, 0.15) is 16.7 Å². The number of aromatic nitrogens is 5. The van der Waals surface area contributed by atoms with Gasteiger partial charge in [0.25, 0.3) is 0 Å². The van der Waals surface area contributed by atoms with Gasteiger partial charge in [-0.25, -0.2) is 9.50 Å². The van der Waals surface area contributed by atoms with E-state index in [0.29, 0.717) is 12.1 Å². The lowest BCUT2D eigenvalue weighted by Gasteiger charge is -2.35. The molecule has 0 atom stereocenters. The number of piperazine rings is 1. The topological polar surface area (TPSA) is 87.5 Å². The van der Waals surface area contributed by atoms with Crippen LogP contribution < -0.4 is 9.64 Å². The summed E-state index contributed by atoms with van der Waals surface area (Å²) in [6.07, 6.45) is 9.37. The van der Waals surface area contributed by atoms with Gasteiger partial charge in [-0.2, -0.15) is 15.5 Å². The molecule has 0 radical (unpaired) electrons. The van der Waals surface area contributed by atoms with E-state index < -0.39 is 0 Å². The summed E-state index contributed by atoms with van der Waals surface area (Å²) in [5.41, 5.74) is 7.54. The van der Waals surface area contributed by atoms with Crippen molar-refractivity contribution in [1.82, 2.24) is 29.3 Å². The molecule has 0 unspecified atom stereocenters. The minimum absolute atomic E-state index is 0.528. The molecule has 0 spiro atoms. The molecule has 9 nitrogen and oxygen atoms in total. The molecule has 0 saturated carbocycles. The van der Waals surface area contributed by atoms with Crippen molar-refractivity contribution in [3.8, 4) is 34.1 Å². The Balaban J connectivity index is 1.12. The molecule has 44 heavy (non-hydrogen) atoms. The SMILES string of the molecule is COc1ccc(Cn2cc(-c3cc(-c4ccc(N5CCN(Cc6ccccc6)CC5)nc4)c4c(C#N)cnn4c3)cn2)cc1. The fourth-order valence-electron chi connectivity index (χ4n) is 5.81. The lowest BCUT2D eigenvalue weighted by molar-refractivity contribution is 0.249. The van der Waals surface area contributed by atoms with Gasteiger partial charge in [0.05, 0.1) is 37.1 Å². The lowest BCUT2D eigenvalue weighted by atomic mass is 10.0. The van der Waals surface area contributed by atoms with Crippen LogP contribution in [0.5, 0.6) is 5.75 Å². The van der Waals surface area contributed by atoms with Crippen LogP contribution in [0.3, 0.4) is 0 Å². The predicted octanol–water partition coefficient (Wildman–Crippen LogP) is 5.51. The van der Waals surface area contributed by atoms with E-state index in [9.17, 15) is 5.26 Å². The Morgan fingerprint density at radius 2 is 1.57 bits per heavy atom. The summed E-state index contributed by atoms with van der Waals surface area (Å²) in [4.78, 5) is 9.70. The highest BCUT2D eigenvalue weighted by Gasteiger charge is 2.19. The van der Waals surface area contributed by atoms with Crippen LogP contribution in [0.15, 0.2) is 104 Å². The lowest BCUT2D eigenvalue weighted by Crippen LogP contribution is -2.46. The first-order valence-corrected chi connectivity index (χ1v) is 14.7. The third-order valence-corrected chi connectivity index (χ3v) is 8.21. The van der Waals surface area contributed by atoms with E-state index in [1.165, 1.54) is 5.56 Å². The van der Waals surface area contributed by atoms with Crippen molar-refractivity contribution in [2.45, 2.75) is 13.1 Å². The number of rotatable bonds is 8. The number of ether oxygens (including phenoxy) is 1. The summed E-state index contributed by atoms with van der Waals surface area (Å²) in [5, 5.41) is 18.9. The summed E-state index contributed by atoms with van der Waals surface area (Å²) in [6, 6.07) is 27.2. The van der Waals surface area contributed by atoms with E-state index in [1.54, 1.807) is 17.8 Å². The molecule has 0 bridgehead atoms. The summed E-state index contributed by atoms with van der Waals surface area (Å²) >= 11 is 0. The van der Waals surface area contributed by atoms with Gasteiger partial charge in [-0.1, -0.05) is 42.5 Å². The third-order valence-electron chi connectivity index (χ3n) is 8.21. The molecule has 0 amide bonds. The van der Waals surface area contributed by atoms with Gasteiger partial charge in [-0.15, -0.1) is 0 Å². The van der Waals surface area contributed by atoms with Crippen molar-refractivity contribution in [2.24, 2.45) is 0 Å². The Morgan fingerprint density at radius 3 is 2.30 bits per heavy atom. The van der Waals surface area contributed by atoms with Crippen molar-refractivity contribution in [3.63, 3.8) is 0 Å². The van der Waals surface area contributed by atoms with Gasteiger partial charge in [-0.3, -0.25) is 9.58 Å². The second-order valence-electron chi connectivity index (χ2n) is 11.0. The molecule has 1 saturated heterocycles. The Bertz CT molecular complexity index is 1910. The van der Waals surface area contributed by atoms with Crippen LogP contribution >= 0.6 is 0 Å². The van der Waals surface area contributed by atoms with Crippen molar-refractivity contribution in [2.75, 3.05) is 38.2 Å². The molecule has 0 aliphatic carbocycles.